The maximum absolute atomic E-state index is 11.2. The summed E-state index contributed by atoms with van der Waals surface area (Å²) in [7, 11) is 3.06. The highest BCUT2D eigenvalue weighted by Gasteiger charge is 2.11. The van der Waals surface area contributed by atoms with E-state index in [9.17, 15) is 4.79 Å². The molecular formula is C22H36IN3O6. The molecule has 0 unspecified atom stereocenters. The molecule has 32 heavy (non-hydrogen) atoms. The van der Waals surface area contributed by atoms with Gasteiger partial charge in [0.05, 0.1) is 33.5 Å². The van der Waals surface area contributed by atoms with Crippen molar-refractivity contribution in [3.8, 4) is 11.5 Å². The Labute approximate surface area is 207 Å². The summed E-state index contributed by atoms with van der Waals surface area (Å²) in [4.78, 5) is 15.9. The van der Waals surface area contributed by atoms with Gasteiger partial charge >= 0.3 is 5.97 Å². The highest BCUT2D eigenvalue weighted by molar-refractivity contribution is 14.0. The first kappa shape index (κ1) is 28.2. The molecule has 0 saturated heterocycles. The maximum Gasteiger partial charge on any atom is 0.305 e. The minimum absolute atomic E-state index is 0. The van der Waals surface area contributed by atoms with Crippen LogP contribution in [0.2, 0.25) is 0 Å². The molecular weight excluding hydrogens is 529 g/mol. The van der Waals surface area contributed by atoms with Crippen molar-refractivity contribution < 1.29 is 28.5 Å². The second-order valence-corrected chi connectivity index (χ2v) is 6.99. The van der Waals surface area contributed by atoms with Crippen LogP contribution in [0.5, 0.6) is 11.5 Å². The van der Waals surface area contributed by atoms with Crippen LogP contribution in [0, 0.1) is 0 Å². The first-order valence-electron chi connectivity index (χ1n) is 10.8. The van der Waals surface area contributed by atoms with Gasteiger partial charge in [-0.25, -0.2) is 0 Å². The summed E-state index contributed by atoms with van der Waals surface area (Å²) >= 11 is 0. The molecule has 1 aromatic carbocycles. The van der Waals surface area contributed by atoms with E-state index in [-0.39, 0.29) is 29.9 Å². The number of aliphatic imine (C=N–C) groups is 1. The molecule has 1 aliphatic rings. The summed E-state index contributed by atoms with van der Waals surface area (Å²) in [5.41, 5.74) is 0.862. The van der Waals surface area contributed by atoms with E-state index in [0.29, 0.717) is 58.5 Å². The summed E-state index contributed by atoms with van der Waals surface area (Å²) < 4.78 is 26.6. The Hall–Kier alpha value is -1.79. The van der Waals surface area contributed by atoms with Crippen molar-refractivity contribution >= 4 is 41.6 Å². The van der Waals surface area contributed by atoms with Crippen LogP contribution in [0.25, 0.3) is 0 Å². The van der Waals surface area contributed by atoms with E-state index >= 15 is 0 Å². The molecule has 0 saturated carbocycles. The van der Waals surface area contributed by atoms with E-state index in [2.05, 4.69) is 20.4 Å². The largest absolute Gasteiger partial charge is 0.490 e. The molecule has 0 radical (unpaired) electrons. The van der Waals surface area contributed by atoms with Gasteiger partial charge in [-0.15, -0.1) is 24.0 Å². The molecule has 0 aromatic heterocycles. The molecule has 0 spiro atoms. The number of carbonyl (C=O) groups excluding carboxylic acids is 1. The molecule has 1 heterocycles. The van der Waals surface area contributed by atoms with Gasteiger partial charge in [0.2, 0.25) is 0 Å². The van der Waals surface area contributed by atoms with E-state index in [4.69, 9.17) is 18.9 Å². The Balaban J connectivity index is 0.00000512. The summed E-state index contributed by atoms with van der Waals surface area (Å²) in [6.07, 6.45) is 3.67. The number of unbranched alkanes of at least 4 members (excludes halogenated alkanes) is 1. The van der Waals surface area contributed by atoms with E-state index in [1.165, 1.54) is 7.11 Å². The van der Waals surface area contributed by atoms with E-state index in [0.717, 1.165) is 42.9 Å². The molecule has 0 atom stereocenters. The smallest absolute Gasteiger partial charge is 0.305 e. The number of esters is 1. The summed E-state index contributed by atoms with van der Waals surface area (Å²) in [5, 5.41) is 6.64. The zero-order valence-electron chi connectivity index (χ0n) is 19.0. The number of nitrogens with one attached hydrogen (secondary N) is 2. The summed E-state index contributed by atoms with van der Waals surface area (Å²) in [5.74, 6) is 1.97. The van der Waals surface area contributed by atoms with Crippen LogP contribution in [-0.2, 0) is 19.0 Å². The van der Waals surface area contributed by atoms with Crippen molar-refractivity contribution in [2.24, 2.45) is 4.99 Å². The van der Waals surface area contributed by atoms with Gasteiger partial charge in [-0.1, -0.05) is 0 Å². The lowest BCUT2D eigenvalue weighted by Crippen LogP contribution is -2.32. The fraction of sp³-hybridized carbons (Fsp3) is 0.636. The average Bonchev–Trinajstić information content (AvgIpc) is 3.02. The fourth-order valence-electron chi connectivity index (χ4n) is 2.82. The standard InChI is InChI=1S/C22H35N3O6.HI/c1-27-15-16-29-12-5-11-24-22(23-10-4-3-7-21(26)28-2)25-18-8-9-19-20(17-18)31-14-6-13-30-19;/h8-9,17H,3-7,10-16H2,1-2H3,(H2,23,24,25);1H. The predicted octanol–water partition coefficient (Wildman–Crippen LogP) is 3.22. The van der Waals surface area contributed by atoms with Crippen molar-refractivity contribution in [1.29, 1.82) is 0 Å². The Morgan fingerprint density at radius 2 is 1.88 bits per heavy atom. The third-order valence-corrected chi connectivity index (χ3v) is 4.49. The maximum atomic E-state index is 11.2. The number of methoxy groups -OCH3 is 2. The van der Waals surface area contributed by atoms with Crippen molar-refractivity contribution in [3.63, 3.8) is 0 Å². The number of guanidine groups is 1. The van der Waals surface area contributed by atoms with E-state index in [1.54, 1.807) is 7.11 Å². The number of hydrogen-bond donors (Lipinski definition) is 2. The molecule has 9 nitrogen and oxygen atoms in total. The van der Waals surface area contributed by atoms with Gasteiger partial charge < -0.3 is 34.3 Å². The number of ether oxygens (including phenoxy) is 5. The normalized spacial score (nSPS) is 13.0. The van der Waals surface area contributed by atoms with Gasteiger partial charge in [-0.05, 0) is 31.4 Å². The van der Waals surface area contributed by atoms with Gasteiger partial charge in [-0.3, -0.25) is 9.79 Å². The first-order chi connectivity index (χ1) is 15.2. The minimum atomic E-state index is -0.187. The SMILES string of the molecule is COCCOCCCN=C(NCCCCC(=O)OC)Nc1ccc2c(c1)OCCCO2.I. The van der Waals surface area contributed by atoms with Crippen LogP contribution in [0.3, 0.4) is 0 Å². The van der Waals surface area contributed by atoms with E-state index < -0.39 is 0 Å². The number of carbonyl (C=O) groups is 1. The first-order valence-corrected chi connectivity index (χ1v) is 10.8. The number of anilines is 1. The van der Waals surface area contributed by atoms with E-state index in [1.807, 2.05) is 18.2 Å². The van der Waals surface area contributed by atoms with Crippen molar-refractivity contribution in [2.45, 2.75) is 32.1 Å². The Morgan fingerprint density at radius 3 is 2.66 bits per heavy atom. The van der Waals surface area contributed by atoms with Crippen LogP contribution >= 0.6 is 24.0 Å². The monoisotopic (exact) mass is 565 g/mol. The van der Waals surface area contributed by atoms with Crippen molar-refractivity contribution in [2.75, 3.05) is 65.7 Å². The zero-order chi connectivity index (χ0) is 22.2. The molecule has 1 aromatic rings. The second-order valence-electron chi connectivity index (χ2n) is 6.99. The van der Waals surface area contributed by atoms with Gasteiger partial charge in [0, 0.05) is 51.4 Å². The molecule has 0 fully saturated rings. The van der Waals surface area contributed by atoms with Crippen molar-refractivity contribution in [1.82, 2.24) is 5.32 Å². The number of fused-ring (bicyclic) bond motifs is 1. The molecule has 0 amide bonds. The molecule has 10 heteroatoms. The lowest BCUT2D eigenvalue weighted by Gasteiger charge is -2.14. The quantitative estimate of drug-likeness (QED) is 0.124. The second kappa shape index (κ2) is 17.7. The molecule has 2 N–H and O–H groups in total. The third-order valence-electron chi connectivity index (χ3n) is 4.49. The topological polar surface area (TPSA) is 99.6 Å². The summed E-state index contributed by atoms with van der Waals surface area (Å²) in [6.45, 7) is 4.41. The molecule has 0 bridgehead atoms. The van der Waals surface area contributed by atoms with Gasteiger partial charge in [-0.2, -0.15) is 0 Å². The Bertz CT molecular complexity index is 690. The Morgan fingerprint density at radius 1 is 1.06 bits per heavy atom. The number of benzene rings is 1. The lowest BCUT2D eigenvalue weighted by molar-refractivity contribution is -0.140. The number of nitrogens with zero attached hydrogens (tertiary/aromatic N) is 1. The van der Waals surface area contributed by atoms with Gasteiger partial charge in [0.25, 0.3) is 0 Å². The van der Waals surface area contributed by atoms with Crippen LogP contribution < -0.4 is 20.1 Å². The van der Waals surface area contributed by atoms with Crippen LogP contribution in [0.1, 0.15) is 32.1 Å². The average molecular weight is 565 g/mol. The molecule has 0 aliphatic carbocycles. The van der Waals surface area contributed by atoms with Crippen LogP contribution in [-0.4, -0.2) is 72.3 Å². The van der Waals surface area contributed by atoms with Gasteiger partial charge in [0.1, 0.15) is 0 Å². The van der Waals surface area contributed by atoms with Crippen LogP contribution in [0.4, 0.5) is 5.69 Å². The highest BCUT2D eigenvalue weighted by atomic mass is 127. The molecule has 182 valence electrons. The van der Waals surface area contributed by atoms with Crippen LogP contribution in [0.15, 0.2) is 23.2 Å². The number of rotatable bonds is 13. The number of hydrogen-bond acceptors (Lipinski definition) is 7. The summed E-state index contributed by atoms with van der Waals surface area (Å²) in [6, 6.07) is 5.76. The van der Waals surface area contributed by atoms with Crippen molar-refractivity contribution in [3.05, 3.63) is 18.2 Å². The van der Waals surface area contributed by atoms with Gasteiger partial charge in [0.15, 0.2) is 17.5 Å². The fourth-order valence-corrected chi connectivity index (χ4v) is 2.82. The minimum Gasteiger partial charge on any atom is -0.490 e. The highest BCUT2D eigenvalue weighted by Crippen LogP contribution is 2.32. The predicted molar refractivity (Wildman–Crippen MR) is 135 cm³/mol. The molecule has 1 aliphatic heterocycles. The zero-order valence-corrected chi connectivity index (χ0v) is 21.4. The number of halogens is 1. The third kappa shape index (κ3) is 11.7. The lowest BCUT2D eigenvalue weighted by atomic mass is 10.2. The Kier molecular flexibility index (Phi) is 15.6. The molecule has 2 rings (SSSR count).